The summed E-state index contributed by atoms with van der Waals surface area (Å²) in [6, 6.07) is 25.6. The van der Waals surface area contributed by atoms with Gasteiger partial charge < -0.3 is 5.32 Å². The van der Waals surface area contributed by atoms with Gasteiger partial charge in [-0.1, -0.05) is 78.5 Å². The maximum absolute atomic E-state index is 12.4. The molecule has 0 radical (unpaired) electrons. The summed E-state index contributed by atoms with van der Waals surface area (Å²) >= 11 is 1.44. The molecule has 0 bridgehead atoms. The predicted molar refractivity (Wildman–Crippen MR) is 97.8 cm³/mol. The topological polar surface area (TPSA) is 42.0 Å². The number of thioether (sulfide) groups is 1. The Morgan fingerprint density at radius 1 is 0.875 bits per heavy atom. The summed E-state index contributed by atoms with van der Waals surface area (Å²) in [4.78, 5) is 16.6. The third-order valence-corrected chi connectivity index (χ3v) is 4.50. The van der Waals surface area contributed by atoms with Gasteiger partial charge in [-0.3, -0.25) is 4.79 Å². The molecule has 0 aliphatic carbocycles. The third-order valence-electron chi connectivity index (χ3n) is 3.56. The lowest BCUT2D eigenvalue weighted by Crippen LogP contribution is -2.30. The molecule has 1 N–H and O–H groups in total. The number of carbonyl (C=O) groups is 1. The molecule has 0 saturated heterocycles. The Hall–Kier alpha value is -2.59. The first-order valence-corrected chi connectivity index (χ1v) is 8.74. The molecule has 0 unspecified atom stereocenters. The van der Waals surface area contributed by atoms with Crippen molar-refractivity contribution < 1.29 is 4.79 Å². The molecule has 3 aromatic rings. The minimum atomic E-state index is -0.149. The normalized spacial score (nSPS) is 10.5. The van der Waals surface area contributed by atoms with E-state index in [1.54, 1.807) is 6.20 Å². The van der Waals surface area contributed by atoms with Crippen LogP contribution in [0.25, 0.3) is 0 Å². The van der Waals surface area contributed by atoms with Crippen LogP contribution in [0.2, 0.25) is 0 Å². The second kappa shape index (κ2) is 8.31. The first kappa shape index (κ1) is 16.3. The molecular formula is C20H18N2OS. The molecule has 1 heterocycles. The quantitative estimate of drug-likeness (QED) is 0.691. The van der Waals surface area contributed by atoms with Gasteiger partial charge in [0.25, 0.3) is 0 Å². The number of hydrogen-bond donors (Lipinski definition) is 1. The fraction of sp³-hybridized carbons (Fsp3) is 0.100. The predicted octanol–water partition coefficient (Wildman–Crippen LogP) is 4.08. The van der Waals surface area contributed by atoms with Gasteiger partial charge in [0.2, 0.25) is 5.91 Å². The Labute approximate surface area is 146 Å². The standard InChI is InChI=1S/C20H18N2OS/c23-18(15-24-19-13-7-8-14-21-19)22-20(16-9-3-1-4-10-16)17-11-5-2-6-12-17/h1-14,20H,15H2,(H,22,23). The van der Waals surface area contributed by atoms with E-state index in [1.807, 2.05) is 78.9 Å². The molecule has 1 amide bonds. The van der Waals surface area contributed by atoms with Gasteiger partial charge in [-0.25, -0.2) is 4.98 Å². The summed E-state index contributed by atoms with van der Waals surface area (Å²) in [6.45, 7) is 0. The Kier molecular flexibility index (Phi) is 5.64. The van der Waals surface area contributed by atoms with Crippen LogP contribution in [-0.2, 0) is 4.79 Å². The van der Waals surface area contributed by atoms with Crippen LogP contribution in [-0.4, -0.2) is 16.6 Å². The summed E-state index contributed by atoms with van der Waals surface area (Å²) < 4.78 is 0. The van der Waals surface area contributed by atoms with E-state index in [4.69, 9.17) is 0 Å². The van der Waals surface area contributed by atoms with Crippen molar-refractivity contribution in [1.82, 2.24) is 10.3 Å². The fourth-order valence-corrected chi connectivity index (χ4v) is 3.10. The van der Waals surface area contributed by atoms with E-state index in [9.17, 15) is 4.79 Å². The maximum atomic E-state index is 12.4. The van der Waals surface area contributed by atoms with Crippen LogP contribution in [0.1, 0.15) is 17.2 Å². The maximum Gasteiger partial charge on any atom is 0.231 e. The van der Waals surface area contributed by atoms with Crippen molar-refractivity contribution >= 4 is 17.7 Å². The molecule has 0 spiro atoms. The second-order valence-electron chi connectivity index (χ2n) is 5.28. The van der Waals surface area contributed by atoms with Crippen LogP contribution in [0.4, 0.5) is 0 Å². The van der Waals surface area contributed by atoms with E-state index >= 15 is 0 Å². The first-order chi connectivity index (χ1) is 11.8. The molecule has 0 atom stereocenters. The summed E-state index contributed by atoms with van der Waals surface area (Å²) in [6.07, 6.45) is 1.73. The van der Waals surface area contributed by atoms with Gasteiger partial charge in [0.1, 0.15) is 0 Å². The molecule has 0 saturated carbocycles. The number of nitrogens with zero attached hydrogens (tertiary/aromatic N) is 1. The van der Waals surface area contributed by atoms with E-state index in [1.165, 1.54) is 11.8 Å². The van der Waals surface area contributed by atoms with Crippen LogP contribution in [0.15, 0.2) is 90.1 Å². The van der Waals surface area contributed by atoms with Crippen molar-refractivity contribution in [3.63, 3.8) is 0 Å². The Morgan fingerprint density at radius 2 is 1.46 bits per heavy atom. The highest BCUT2D eigenvalue weighted by Gasteiger charge is 2.16. The number of rotatable bonds is 6. The lowest BCUT2D eigenvalue weighted by Gasteiger charge is -2.19. The van der Waals surface area contributed by atoms with Crippen LogP contribution in [0.5, 0.6) is 0 Å². The number of benzene rings is 2. The summed E-state index contributed by atoms with van der Waals surface area (Å²) in [7, 11) is 0. The average molecular weight is 334 g/mol. The Bertz CT molecular complexity index is 724. The van der Waals surface area contributed by atoms with Crippen molar-refractivity contribution in [3.05, 3.63) is 96.2 Å². The van der Waals surface area contributed by atoms with Gasteiger partial charge in [0, 0.05) is 6.20 Å². The Balaban J connectivity index is 1.71. The number of amides is 1. The van der Waals surface area contributed by atoms with Crippen LogP contribution < -0.4 is 5.32 Å². The number of nitrogens with one attached hydrogen (secondary N) is 1. The minimum absolute atomic E-state index is 0.0108. The molecule has 0 fully saturated rings. The largest absolute Gasteiger partial charge is 0.344 e. The smallest absolute Gasteiger partial charge is 0.231 e. The zero-order chi connectivity index (χ0) is 16.6. The zero-order valence-corrected chi connectivity index (χ0v) is 13.9. The minimum Gasteiger partial charge on any atom is -0.344 e. The second-order valence-corrected chi connectivity index (χ2v) is 6.27. The zero-order valence-electron chi connectivity index (χ0n) is 13.1. The molecule has 120 valence electrons. The summed E-state index contributed by atoms with van der Waals surface area (Å²) in [5.74, 6) is 0.330. The van der Waals surface area contributed by atoms with E-state index < -0.39 is 0 Å². The van der Waals surface area contributed by atoms with E-state index in [0.717, 1.165) is 16.2 Å². The number of pyridine rings is 1. The third kappa shape index (κ3) is 4.46. The molecule has 3 rings (SSSR count). The SMILES string of the molecule is O=C(CSc1ccccn1)NC(c1ccccc1)c1ccccc1. The summed E-state index contributed by atoms with van der Waals surface area (Å²) in [5, 5.41) is 3.98. The van der Waals surface area contributed by atoms with Crippen molar-refractivity contribution in [1.29, 1.82) is 0 Å². The number of carbonyl (C=O) groups excluding carboxylic acids is 1. The lowest BCUT2D eigenvalue weighted by molar-refractivity contribution is -0.119. The molecule has 1 aromatic heterocycles. The highest BCUT2D eigenvalue weighted by atomic mass is 32.2. The first-order valence-electron chi connectivity index (χ1n) is 7.76. The molecule has 24 heavy (non-hydrogen) atoms. The number of aromatic nitrogens is 1. The lowest BCUT2D eigenvalue weighted by atomic mass is 9.99. The highest BCUT2D eigenvalue weighted by Crippen LogP contribution is 2.22. The van der Waals surface area contributed by atoms with Crippen LogP contribution >= 0.6 is 11.8 Å². The summed E-state index contributed by atoms with van der Waals surface area (Å²) in [5.41, 5.74) is 2.14. The van der Waals surface area contributed by atoms with Gasteiger partial charge in [-0.15, -0.1) is 0 Å². The molecule has 3 nitrogen and oxygen atoms in total. The van der Waals surface area contributed by atoms with Gasteiger partial charge in [0.15, 0.2) is 0 Å². The van der Waals surface area contributed by atoms with E-state index in [2.05, 4.69) is 10.3 Å². The van der Waals surface area contributed by atoms with E-state index in [0.29, 0.717) is 5.75 Å². The molecular weight excluding hydrogens is 316 g/mol. The monoisotopic (exact) mass is 334 g/mol. The molecule has 4 heteroatoms. The van der Waals surface area contributed by atoms with Crippen molar-refractivity contribution in [2.75, 3.05) is 5.75 Å². The molecule has 0 aliphatic heterocycles. The average Bonchev–Trinajstić information content (AvgIpc) is 2.67. The van der Waals surface area contributed by atoms with Gasteiger partial charge >= 0.3 is 0 Å². The highest BCUT2D eigenvalue weighted by molar-refractivity contribution is 7.99. The Morgan fingerprint density at radius 3 is 2.00 bits per heavy atom. The van der Waals surface area contributed by atoms with Gasteiger partial charge in [0.05, 0.1) is 16.8 Å². The number of hydrogen-bond acceptors (Lipinski definition) is 3. The van der Waals surface area contributed by atoms with Crippen molar-refractivity contribution in [2.24, 2.45) is 0 Å². The van der Waals surface area contributed by atoms with E-state index in [-0.39, 0.29) is 11.9 Å². The van der Waals surface area contributed by atoms with Crippen molar-refractivity contribution in [3.8, 4) is 0 Å². The van der Waals surface area contributed by atoms with Crippen molar-refractivity contribution in [2.45, 2.75) is 11.1 Å². The molecule has 0 aliphatic rings. The van der Waals surface area contributed by atoms with Crippen LogP contribution in [0, 0.1) is 0 Å². The van der Waals surface area contributed by atoms with Crippen LogP contribution in [0.3, 0.4) is 0 Å². The van der Waals surface area contributed by atoms with Gasteiger partial charge in [-0.05, 0) is 23.3 Å². The fourth-order valence-electron chi connectivity index (χ4n) is 2.42. The molecule has 2 aromatic carbocycles. The van der Waals surface area contributed by atoms with Gasteiger partial charge in [-0.2, -0.15) is 0 Å².